The second-order valence-corrected chi connectivity index (χ2v) is 6.53. The van der Waals surface area contributed by atoms with Crippen molar-refractivity contribution in [2.24, 2.45) is 0 Å². The van der Waals surface area contributed by atoms with E-state index >= 15 is 0 Å². The maximum Gasteiger partial charge on any atom is 0.290 e. The van der Waals surface area contributed by atoms with Crippen LogP contribution in [0.2, 0.25) is 5.02 Å². The normalized spacial score (nSPS) is 16.6. The predicted molar refractivity (Wildman–Crippen MR) is 95.0 cm³/mol. The number of H-pyrrole nitrogens is 1. The Morgan fingerprint density at radius 1 is 1.50 bits per heavy atom. The van der Waals surface area contributed by atoms with Crippen LogP contribution in [0.1, 0.15) is 34.8 Å². The second-order valence-electron chi connectivity index (χ2n) is 6.15. The number of hydrogen-bond acceptors (Lipinski definition) is 4. The molecule has 26 heavy (non-hydrogen) atoms. The minimum Gasteiger partial charge on any atom is -0.495 e. The van der Waals surface area contributed by atoms with Crippen molar-refractivity contribution in [2.45, 2.75) is 19.4 Å². The fourth-order valence-corrected chi connectivity index (χ4v) is 3.63. The van der Waals surface area contributed by atoms with Gasteiger partial charge < -0.3 is 14.6 Å². The summed E-state index contributed by atoms with van der Waals surface area (Å²) in [7, 11) is 1.40. The van der Waals surface area contributed by atoms with Gasteiger partial charge in [-0.15, -0.1) is 0 Å². The molecular weight excluding hydrogens is 359 g/mol. The highest BCUT2D eigenvalue weighted by Crippen LogP contribution is 2.34. The number of hydrogen-bond donors (Lipinski definition) is 1. The minimum atomic E-state index is -0.599. The summed E-state index contributed by atoms with van der Waals surface area (Å²) >= 11 is 6.22. The fraction of sp³-hybridized carbons (Fsp3) is 0.278. The lowest BCUT2D eigenvalue weighted by Gasteiger charge is -2.34. The Balaban J connectivity index is 1.73. The Morgan fingerprint density at radius 2 is 2.31 bits per heavy atom. The molecule has 0 fully saturated rings. The number of carbonyl (C=O) groups is 1. The van der Waals surface area contributed by atoms with Crippen LogP contribution in [-0.2, 0) is 6.42 Å². The molecule has 3 aromatic rings. The number of nitrogens with one attached hydrogen (secondary N) is 1. The molecule has 1 amide bonds. The number of benzene rings is 1. The number of ether oxygens (including phenoxy) is 1. The average molecular weight is 375 g/mol. The number of amides is 1. The first-order chi connectivity index (χ1) is 12.5. The Morgan fingerprint density at radius 3 is 3.08 bits per heavy atom. The number of pyridine rings is 1. The summed E-state index contributed by atoms with van der Waals surface area (Å²) in [5.74, 6) is -0.672. The highest BCUT2D eigenvalue weighted by atomic mass is 35.5. The third-order valence-corrected chi connectivity index (χ3v) is 5.11. The van der Waals surface area contributed by atoms with Crippen molar-refractivity contribution in [3.8, 4) is 5.75 Å². The van der Waals surface area contributed by atoms with Gasteiger partial charge in [0.15, 0.2) is 11.6 Å². The molecule has 8 heteroatoms. The van der Waals surface area contributed by atoms with Crippen molar-refractivity contribution in [1.82, 2.24) is 19.9 Å². The highest BCUT2D eigenvalue weighted by molar-refractivity contribution is 6.36. The molecule has 4 rings (SSSR count). The Bertz CT molecular complexity index is 1020. The van der Waals surface area contributed by atoms with Gasteiger partial charge in [0, 0.05) is 30.9 Å². The number of nitrogens with zero attached hydrogens (tertiary/aromatic N) is 3. The standard InChI is InChI=1S/C18H16ClFN4O2/c1-9-10-4-3-6-21-12(10)5-7-24(9)18(25)17-22-15-11(20)8-13(26-2)14(19)16(15)23-17/h3-4,6,8-9H,5,7H2,1-2H3,(H,22,23)/t9-/m1/s1. The van der Waals surface area contributed by atoms with Gasteiger partial charge in [0.05, 0.1) is 18.7 Å². The monoisotopic (exact) mass is 374 g/mol. The van der Waals surface area contributed by atoms with E-state index in [1.807, 2.05) is 19.1 Å². The van der Waals surface area contributed by atoms with Crippen LogP contribution in [0.5, 0.6) is 5.75 Å². The quantitative estimate of drug-likeness (QED) is 0.745. The zero-order valence-corrected chi connectivity index (χ0v) is 15.0. The lowest BCUT2D eigenvalue weighted by atomic mass is 9.98. The third kappa shape index (κ3) is 2.50. The van der Waals surface area contributed by atoms with Crippen LogP contribution in [0.15, 0.2) is 24.4 Å². The maximum absolute atomic E-state index is 14.3. The Hall–Kier alpha value is -2.67. The van der Waals surface area contributed by atoms with E-state index in [1.54, 1.807) is 11.1 Å². The first-order valence-corrected chi connectivity index (χ1v) is 8.55. The molecule has 0 saturated heterocycles. The van der Waals surface area contributed by atoms with E-state index in [-0.39, 0.29) is 39.6 Å². The van der Waals surface area contributed by atoms with E-state index in [2.05, 4.69) is 15.0 Å². The van der Waals surface area contributed by atoms with Crippen molar-refractivity contribution >= 4 is 28.5 Å². The van der Waals surface area contributed by atoms with Gasteiger partial charge in [0.2, 0.25) is 0 Å². The van der Waals surface area contributed by atoms with Crippen LogP contribution >= 0.6 is 11.6 Å². The largest absolute Gasteiger partial charge is 0.495 e. The molecule has 0 radical (unpaired) electrons. The average Bonchev–Trinajstić information content (AvgIpc) is 3.11. The summed E-state index contributed by atoms with van der Waals surface area (Å²) in [4.78, 5) is 26.0. The van der Waals surface area contributed by atoms with Gasteiger partial charge in [0.1, 0.15) is 16.3 Å². The van der Waals surface area contributed by atoms with Crippen molar-refractivity contribution < 1.29 is 13.9 Å². The molecule has 6 nitrogen and oxygen atoms in total. The van der Waals surface area contributed by atoms with Crippen LogP contribution in [0.25, 0.3) is 11.0 Å². The molecule has 2 aromatic heterocycles. The molecule has 0 spiro atoms. The topological polar surface area (TPSA) is 71.1 Å². The zero-order chi connectivity index (χ0) is 18.4. The molecule has 3 heterocycles. The molecule has 0 saturated carbocycles. The van der Waals surface area contributed by atoms with Gasteiger partial charge in [-0.1, -0.05) is 17.7 Å². The van der Waals surface area contributed by atoms with E-state index < -0.39 is 5.82 Å². The summed E-state index contributed by atoms with van der Waals surface area (Å²) in [5, 5.41) is 0.191. The molecule has 1 aliphatic heterocycles. The van der Waals surface area contributed by atoms with Gasteiger partial charge in [-0.25, -0.2) is 9.37 Å². The molecule has 1 aromatic carbocycles. The number of carbonyl (C=O) groups excluding carboxylic acids is 1. The SMILES string of the molecule is COc1cc(F)c2nc(C(=O)N3CCc4ncccc4[C@H]3C)[nH]c2c1Cl. The number of methoxy groups -OCH3 is 1. The summed E-state index contributed by atoms with van der Waals surface area (Å²) in [5.41, 5.74) is 2.27. The van der Waals surface area contributed by atoms with E-state index in [1.165, 1.54) is 7.11 Å². The zero-order valence-electron chi connectivity index (χ0n) is 14.2. The van der Waals surface area contributed by atoms with Crippen molar-refractivity contribution in [1.29, 1.82) is 0 Å². The summed E-state index contributed by atoms with van der Waals surface area (Å²) in [6.07, 6.45) is 2.41. The number of halogens is 2. The molecule has 1 aliphatic rings. The van der Waals surface area contributed by atoms with Crippen LogP contribution in [0.4, 0.5) is 4.39 Å². The summed E-state index contributed by atoms with van der Waals surface area (Å²) in [6.45, 7) is 2.46. The van der Waals surface area contributed by atoms with Crippen molar-refractivity contribution in [2.75, 3.05) is 13.7 Å². The van der Waals surface area contributed by atoms with Gasteiger partial charge >= 0.3 is 0 Å². The first kappa shape index (κ1) is 16.8. The van der Waals surface area contributed by atoms with Gasteiger partial charge in [0.25, 0.3) is 5.91 Å². The summed E-state index contributed by atoms with van der Waals surface area (Å²) < 4.78 is 19.3. The molecule has 1 atom stereocenters. The van der Waals surface area contributed by atoms with Crippen molar-refractivity contribution in [3.63, 3.8) is 0 Å². The molecule has 0 bridgehead atoms. The van der Waals surface area contributed by atoms with E-state index in [0.29, 0.717) is 13.0 Å². The number of fused-ring (bicyclic) bond motifs is 2. The molecule has 0 unspecified atom stereocenters. The highest BCUT2D eigenvalue weighted by Gasteiger charge is 2.31. The number of rotatable bonds is 2. The molecule has 1 N–H and O–H groups in total. The van der Waals surface area contributed by atoms with Gasteiger partial charge in [-0.2, -0.15) is 0 Å². The molecule has 134 valence electrons. The van der Waals surface area contributed by atoms with Crippen LogP contribution in [0.3, 0.4) is 0 Å². The van der Waals surface area contributed by atoms with Gasteiger partial charge in [-0.05, 0) is 18.6 Å². The van der Waals surface area contributed by atoms with E-state index in [4.69, 9.17) is 16.3 Å². The van der Waals surface area contributed by atoms with Crippen molar-refractivity contribution in [3.05, 3.63) is 52.3 Å². The third-order valence-electron chi connectivity index (χ3n) is 4.74. The van der Waals surface area contributed by atoms with Crippen LogP contribution in [-0.4, -0.2) is 39.4 Å². The maximum atomic E-state index is 14.3. The second kappa shape index (κ2) is 6.25. The Kier molecular flexibility index (Phi) is 4.03. The number of aromatic amines is 1. The number of imidazole rings is 1. The van der Waals surface area contributed by atoms with E-state index in [9.17, 15) is 9.18 Å². The first-order valence-electron chi connectivity index (χ1n) is 8.17. The lowest BCUT2D eigenvalue weighted by molar-refractivity contribution is 0.0665. The smallest absolute Gasteiger partial charge is 0.290 e. The molecule has 0 aliphatic carbocycles. The summed E-state index contributed by atoms with van der Waals surface area (Å²) in [6, 6.07) is 4.83. The van der Waals surface area contributed by atoms with E-state index in [0.717, 1.165) is 17.3 Å². The number of aromatic nitrogens is 3. The van der Waals surface area contributed by atoms with Crippen LogP contribution < -0.4 is 4.74 Å². The predicted octanol–water partition coefficient (Wildman–Crippen LogP) is 3.52. The lowest BCUT2D eigenvalue weighted by Crippen LogP contribution is -2.39. The molecular formula is C18H16ClFN4O2. The van der Waals surface area contributed by atoms with Crippen LogP contribution in [0, 0.1) is 5.82 Å². The Labute approximate surface area is 154 Å². The minimum absolute atomic E-state index is 0.0193. The van der Waals surface area contributed by atoms with Gasteiger partial charge in [-0.3, -0.25) is 9.78 Å². The fourth-order valence-electron chi connectivity index (χ4n) is 3.37.